The summed E-state index contributed by atoms with van der Waals surface area (Å²) in [6, 6.07) is -0.349. The van der Waals surface area contributed by atoms with Crippen LogP contribution in [0.5, 0.6) is 0 Å². The zero-order valence-corrected chi connectivity index (χ0v) is 14.7. The normalized spacial score (nSPS) is 24.0. The first-order chi connectivity index (χ1) is 12.6. The summed E-state index contributed by atoms with van der Waals surface area (Å²) in [5.41, 5.74) is -1.91. The third-order valence-electron chi connectivity index (χ3n) is 5.09. The van der Waals surface area contributed by atoms with E-state index >= 15 is 0 Å². The van der Waals surface area contributed by atoms with Gasteiger partial charge >= 0.3 is 6.18 Å². The van der Waals surface area contributed by atoms with Gasteiger partial charge in [0.1, 0.15) is 5.69 Å². The first-order valence-electron chi connectivity index (χ1n) is 8.47. The molecule has 2 aromatic rings. The molecule has 2 saturated heterocycles. The molecule has 0 bridgehead atoms. The number of hydrogen-bond donors (Lipinski definition) is 1. The number of aliphatic hydroxyl groups excluding tert-OH is 1. The fourth-order valence-corrected chi connectivity index (χ4v) is 3.29. The van der Waals surface area contributed by atoms with Crippen LogP contribution in [0.15, 0.2) is 12.4 Å². The van der Waals surface area contributed by atoms with Crippen molar-refractivity contribution in [2.75, 3.05) is 31.6 Å². The topological polar surface area (TPSA) is 70.3 Å². The van der Waals surface area contributed by atoms with Gasteiger partial charge in [0.15, 0.2) is 11.5 Å². The average Bonchev–Trinajstić information content (AvgIpc) is 3.05. The van der Waals surface area contributed by atoms with Crippen LogP contribution in [-0.4, -0.2) is 68.6 Å². The molecular formula is C16H18F4N6O. The largest absolute Gasteiger partial charge is 0.436 e. The Morgan fingerprint density at radius 3 is 2.44 bits per heavy atom. The fraction of sp³-hybridized carbons (Fsp3) is 0.562. The van der Waals surface area contributed by atoms with Gasteiger partial charge in [0, 0.05) is 31.4 Å². The molecule has 0 aromatic carbocycles. The van der Waals surface area contributed by atoms with Crippen LogP contribution in [0.3, 0.4) is 0 Å². The molecule has 1 N–H and O–H groups in total. The molecule has 27 heavy (non-hydrogen) atoms. The van der Waals surface area contributed by atoms with Crippen molar-refractivity contribution < 1.29 is 22.7 Å². The molecule has 0 radical (unpaired) electrons. The van der Waals surface area contributed by atoms with Crippen molar-refractivity contribution in [3.63, 3.8) is 0 Å². The molecular weight excluding hydrogens is 368 g/mol. The highest BCUT2D eigenvalue weighted by molar-refractivity contribution is 5.61. The first-order valence-corrected chi connectivity index (χ1v) is 8.47. The van der Waals surface area contributed by atoms with Gasteiger partial charge in [-0.15, -0.1) is 0 Å². The van der Waals surface area contributed by atoms with E-state index in [-0.39, 0.29) is 24.1 Å². The maximum absolute atomic E-state index is 14.6. The SMILES string of the molecule is C[C@H]1[C@H](O)CN1c1nc(-c2cnn(C3CN(C)C3)c2)c(F)c(C(F)(F)F)n1. The second-order valence-electron chi connectivity index (χ2n) is 7.08. The number of anilines is 1. The van der Waals surface area contributed by atoms with Gasteiger partial charge in [-0.3, -0.25) is 4.68 Å². The molecule has 4 rings (SSSR count). The highest BCUT2D eigenvalue weighted by Crippen LogP contribution is 2.36. The van der Waals surface area contributed by atoms with Gasteiger partial charge in [0.05, 0.1) is 24.4 Å². The Morgan fingerprint density at radius 1 is 1.19 bits per heavy atom. The molecule has 2 aliphatic rings. The molecule has 4 heterocycles. The van der Waals surface area contributed by atoms with Crippen LogP contribution in [0.1, 0.15) is 18.7 Å². The fourth-order valence-electron chi connectivity index (χ4n) is 3.29. The molecule has 0 spiro atoms. The average molecular weight is 386 g/mol. The Kier molecular flexibility index (Phi) is 4.11. The van der Waals surface area contributed by atoms with E-state index in [0.29, 0.717) is 0 Å². The number of nitrogens with zero attached hydrogens (tertiary/aromatic N) is 6. The summed E-state index contributed by atoms with van der Waals surface area (Å²) in [4.78, 5) is 10.9. The summed E-state index contributed by atoms with van der Waals surface area (Å²) < 4.78 is 56.1. The molecule has 2 atom stereocenters. The van der Waals surface area contributed by atoms with Crippen molar-refractivity contribution in [1.82, 2.24) is 24.6 Å². The van der Waals surface area contributed by atoms with E-state index in [1.165, 1.54) is 17.3 Å². The minimum absolute atomic E-state index is 0.0945. The number of alkyl halides is 3. The number of hydrogen-bond acceptors (Lipinski definition) is 6. The second kappa shape index (κ2) is 6.13. The standard InChI is InChI=1S/C16H18F4N6O/c1-8-11(27)7-25(8)15-22-13(12(17)14(23-15)16(18,19)20)9-3-21-26(4-9)10-5-24(2)6-10/h3-4,8,10-11,27H,5-7H2,1-2H3/t8-,11+/m0/s1. The Labute approximate surface area is 152 Å². The minimum Gasteiger partial charge on any atom is -0.389 e. The number of halogens is 4. The molecule has 0 unspecified atom stereocenters. The molecule has 0 aliphatic carbocycles. The lowest BCUT2D eigenvalue weighted by Gasteiger charge is -2.43. The summed E-state index contributed by atoms with van der Waals surface area (Å²) in [7, 11) is 1.94. The second-order valence-corrected chi connectivity index (χ2v) is 7.08. The monoisotopic (exact) mass is 386 g/mol. The van der Waals surface area contributed by atoms with Crippen molar-refractivity contribution >= 4 is 5.95 Å². The predicted molar refractivity (Wildman–Crippen MR) is 87.6 cm³/mol. The van der Waals surface area contributed by atoms with E-state index in [2.05, 4.69) is 20.0 Å². The smallest absolute Gasteiger partial charge is 0.389 e. The summed E-state index contributed by atoms with van der Waals surface area (Å²) in [6.45, 7) is 3.25. The van der Waals surface area contributed by atoms with Crippen molar-refractivity contribution in [3.8, 4) is 11.3 Å². The first kappa shape index (κ1) is 18.1. The summed E-state index contributed by atoms with van der Waals surface area (Å²) in [6.07, 6.45) is -2.84. The molecule has 2 aliphatic heterocycles. The van der Waals surface area contributed by atoms with Gasteiger partial charge in [-0.25, -0.2) is 14.4 Å². The van der Waals surface area contributed by atoms with Gasteiger partial charge in [-0.1, -0.05) is 0 Å². The van der Waals surface area contributed by atoms with E-state index < -0.39 is 35.5 Å². The van der Waals surface area contributed by atoms with E-state index in [1.807, 2.05) is 7.05 Å². The van der Waals surface area contributed by atoms with Crippen LogP contribution in [0.2, 0.25) is 0 Å². The summed E-state index contributed by atoms with van der Waals surface area (Å²) in [5.74, 6) is -1.78. The Hall–Kier alpha value is -2.27. The third-order valence-corrected chi connectivity index (χ3v) is 5.09. The Balaban J connectivity index is 1.75. The van der Waals surface area contributed by atoms with E-state index in [4.69, 9.17) is 0 Å². The molecule has 0 amide bonds. The van der Waals surface area contributed by atoms with Crippen LogP contribution in [-0.2, 0) is 6.18 Å². The zero-order valence-electron chi connectivity index (χ0n) is 14.7. The molecule has 7 nitrogen and oxygen atoms in total. The highest BCUT2D eigenvalue weighted by Gasteiger charge is 2.42. The van der Waals surface area contributed by atoms with Gasteiger partial charge in [-0.05, 0) is 14.0 Å². The molecule has 2 aromatic heterocycles. The Morgan fingerprint density at radius 2 is 1.89 bits per heavy atom. The molecule has 2 fully saturated rings. The third kappa shape index (κ3) is 3.04. The number of rotatable bonds is 3. The van der Waals surface area contributed by atoms with Crippen LogP contribution in [0.4, 0.5) is 23.5 Å². The van der Waals surface area contributed by atoms with Crippen molar-refractivity contribution in [2.45, 2.75) is 31.3 Å². The maximum atomic E-state index is 14.6. The number of β-amino-alcohol motifs (C(OH)–C–C–N with tert-alkyl or cyclic N) is 1. The lowest BCUT2D eigenvalue weighted by Crippen LogP contribution is -2.59. The Bertz CT molecular complexity index is 863. The minimum atomic E-state index is -4.96. The van der Waals surface area contributed by atoms with E-state index in [9.17, 15) is 22.7 Å². The lowest BCUT2D eigenvalue weighted by atomic mass is 10.0. The number of aromatic nitrogens is 4. The van der Waals surface area contributed by atoms with Gasteiger partial charge in [0.25, 0.3) is 0 Å². The highest BCUT2D eigenvalue weighted by atomic mass is 19.4. The number of likely N-dealkylation sites (tertiary alicyclic amines) is 1. The zero-order chi connectivity index (χ0) is 19.5. The van der Waals surface area contributed by atoms with Crippen molar-refractivity contribution in [1.29, 1.82) is 0 Å². The predicted octanol–water partition coefficient (Wildman–Crippen LogP) is 1.55. The molecule has 146 valence electrons. The maximum Gasteiger partial charge on any atom is 0.436 e. The summed E-state index contributed by atoms with van der Waals surface area (Å²) in [5, 5.41) is 13.8. The van der Waals surface area contributed by atoms with Gasteiger partial charge < -0.3 is 14.9 Å². The van der Waals surface area contributed by atoms with Gasteiger partial charge in [0.2, 0.25) is 5.95 Å². The van der Waals surface area contributed by atoms with Crippen LogP contribution >= 0.6 is 0 Å². The van der Waals surface area contributed by atoms with Crippen molar-refractivity contribution in [2.24, 2.45) is 0 Å². The lowest BCUT2D eigenvalue weighted by molar-refractivity contribution is -0.143. The molecule has 0 saturated carbocycles. The van der Waals surface area contributed by atoms with Crippen LogP contribution < -0.4 is 4.90 Å². The van der Waals surface area contributed by atoms with Crippen LogP contribution in [0.25, 0.3) is 11.3 Å². The number of aliphatic hydroxyl groups is 1. The van der Waals surface area contributed by atoms with E-state index in [0.717, 1.165) is 13.1 Å². The molecule has 11 heteroatoms. The quantitative estimate of drug-likeness (QED) is 0.808. The summed E-state index contributed by atoms with van der Waals surface area (Å²) >= 11 is 0. The van der Waals surface area contributed by atoms with E-state index in [1.54, 1.807) is 11.6 Å². The van der Waals surface area contributed by atoms with Crippen LogP contribution in [0, 0.1) is 5.82 Å². The van der Waals surface area contributed by atoms with Crippen molar-refractivity contribution in [3.05, 3.63) is 23.9 Å². The number of likely N-dealkylation sites (N-methyl/N-ethyl adjacent to an activating group) is 1. The van der Waals surface area contributed by atoms with Gasteiger partial charge in [-0.2, -0.15) is 18.3 Å².